The molecule has 12 atom stereocenters. The zero-order valence-electron chi connectivity index (χ0n) is 40.2. The van der Waals surface area contributed by atoms with Crippen molar-refractivity contribution in [1.82, 2.24) is 0 Å². The van der Waals surface area contributed by atoms with Gasteiger partial charge in [0.05, 0.1) is 31.8 Å². The molecule has 4 fully saturated rings. The van der Waals surface area contributed by atoms with Gasteiger partial charge in [-0.1, -0.05) is 95.1 Å². The van der Waals surface area contributed by atoms with Crippen molar-refractivity contribution in [2.75, 3.05) is 14.2 Å². The Kier molecular flexibility index (Phi) is 19.5. The van der Waals surface area contributed by atoms with E-state index in [1.54, 1.807) is 5.57 Å². The molecule has 336 valence electrons. The van der Waals surface area contributed by atoms with Gasteiger partial charge in [-0.15, -0.1) is 17.8 Å². The number of fused-ring (bicyclic) bond motifs is 2. The standard InChI is InChI=1S/C29H46O4.C25H38O2/c1-10-14-27(3,4)19(2)24(30)12-11-22-23-17-20(16-21(23)18-25(22)31)13-15-28(5,6)29(7,8)26(32)33-9;1-6-7-10-18(2)19(3)13-14-23-20(4)15-22-16-21(17-24(22)23)11-8-9-12-25(26)27-5/h11-13,19,21-25,30-31H,15-18H2,1-9H3;11,13-14,18-20,22-24H,8-10,12,15-17H2,1-5H3/b12-11+,20-13+;14-13+,21-11+/t19?,21-,22+,23-,24+,25+;18?,19-,20-,22-,23+,24+/m01/s1. The molecule has 0 bridgehead atoms. The number of esters is 2. The third-order valence-corrected chi connectivity index (χ3v) is 15.9. The van der Waals surface area contributed by atoms with Crippen molar-refractivity contribution in [3.05, 3.63) is 47.6 Å². The Balaban J connectivity index is 0.000000327. The average Bonchev–Trinajstić information content (AvgIpc) is 3.94. The lowest BCUT2D eigenvalue weighted by Gasteiger charge is -2.38. The highest BCUT2D eigenvalue weighted by atomic mass is 16.5. The van der Waals surface area contributed by atoms with Crippen LogP contribution in [0.15, 0.2) is 47.6 Å². The molecule has 6 heteroatoms. The molecule has 60 heavy (non-hydrogen) atoms. The Morgan fingerprint density at radius 1 is 0.833 bits per heavy atom. The van der Waals surface area contributed by atoms with E-state index in [-0.39, 0.29) is 40.7 Å². The topological polar surface area (TPSA) is 93.1 Å². The number of aliphatic hydroxyl groups is 2. The minimum absolute atomic E-state index is 0.00465. The first-order chi connectivity index (χ1) is 28.1. The van der Waals surface area contributed by atoms with E-state index >= 15 is 0 Å². The number of unbranched alkanes of at least 4 members (excludes halogenated alkanes) is 1. The fourth-order valence-corrected chi connectivity index (χ4v) is 10.3. The molecule has 4 aliphatic carbocycles. The number of rotatable bonds is 16. The summed E-state index contributed by atoms with van der Waals surface area (Å²) in [4.78, 5) is 23.5. The van der Waals surface area contributed by atoms with Crippen LogP contribution in [0.1, 0.15) is 154 Å². The van der Waals surface area contributed by atoms with E-state index in [4.69, 9.17) is 9.47 Å². The summed E-state index contributed by atoms with van der Waals surface area (Å²) >= 11 is 0. The van der Waals surface area contributed by atoms with Crippen molar-refractivity contribution >= 4 is 11.9 Å². The summed E-state index contributed by atoms with van der Waals surface area (Å²) in [5, 5.41) is 21.5. The van der Waals surface area contributed by atoms with Crippen molar-refractivity contribution in [3.8, 4) is 23.7 Å². The second-order valence-corrected chi connectivity index (χ2v) is 20.8. The smallest absolute Gasteiger partial charge is 0.311 e. The number of carbonyl (C=O) groups is 2. The first-order valence-corrected chi connectivity index (χ1v) is 23.2. The van der Waals surface area contributed by atoms with Crippen LogP contribution in [0.2, 0.25) is 0 Å². The van der Waals surface area contributed by atoms with Crippen molar-refractivity contribution in [1.29, 1.82) is 0 Å². The highest BCUT2D eigenvalue weighted by molar-refractivity contribution is 5.76. The van der Waals surface area contributed by atoms with E-state index in [1.807, 2.05) is 40.7 Å². The Labute approximate surface area is 366 Å². The molecule has 0 amide bonds. The Bertz CT molecular complexity index is 1670. The molecular weight excluding hydrogens is 745 g/mol. The number of hydrogen-bond acceptors (Lipinski definition) is 6. The number of methoxy groups -OCH3 is 2. The predicted molar refractivity (Wildman–Crippen MR) is 247 cm³/mol. The molecule has 0 aromatic heterocycles. The van der Waals surface area contributed by atoms with Gasteiger partial charge >= 0.3 is 11.9 Å². The molecule has 0 radical (unpaired) electrons. The maximum Gasteiger partial charge on any atom is 0.311 e. The van der Waals surface area contributed by atoms with E-state index < -0.39 is 11.5 Å². The average molecular weight is 829 g/mol. The highest BCUT2D eigenvalue weighted by Gasteiger charge is 2.47. The van der Waals surface area contributed by atoms with Gasteiger partial charge in [-0.2, -0.15) is 0 Å². The van der Waals surface area contributed by atoms with Gasteiger partial charge in [0.1, 0.15) is 0 Å². The first kappa shape index (κ1) is 51.3. The van der Waals surface area contributed by atoms with Gasteiger partial charge in [0.2, 0.25) is 0 Å². The van der Waals surface area contributed by atoms with Crippen LogP contribution in [0.5, 0.6) is 0 Å². The summed E-state index contributed by atoms with van der Waals surface area (Å²) < 4.78 is 9.75. The molecule has 0 aliphatic heterocycles. The third-order valence-electron chi connectivity index (χ3n) is 15.9. The van der Waals surface area contributed by atoms with E-state index in [1.165, 1.54) is 39.1 Å². The van der Waals surface area contributed by atoms with Crippen LogP contribution in [0.4, 0.5) is 0 Å². The summed E-state index contributed by atoms with van der Waals surface area (Å²) in [5.74, 6) is 17.5. The Hall–Kier alpha value is -3.06. The van der Waals surface area contributed by atoms with Crippen LogP contribution in [0.3, 0.4) is 0 Å². The third kappa shape index (κ3) is 13.5. The largest absolute Gasteiger partial charge is 0.469 e. The summed E-state index contributed by atoms with van der Waals surface area (Å²) in [5.41, 5.74) is 1.98. The molecule has 0 heterocycles. The summed E-state index contributed by atoms with van der Waals surface area (Å²) in [6, 6.07) is 0. The van der Waals surface area contributed by atoms with Gasteiger partial charge in [-0.3, -0.25) is 9.59 Å². The minimum atomic E-state index is -0.593. The van der Waals surface area contributed by atoms with Crippen molar-refractivity contribution in [3.63, 3.8) is 0 Å². The quantitative estimate of drug-likeness (QED) is 0.0697. The number of aliphatic hydroxyl groups excluding tert-OH is 2. The fourth-order valence-electron chi connectivity index (χ4n) is 10.3. The lowest BCUT2D eigenvalue weighted by Crippen LogP contribution is -2.40. The van der Waals surface area contributed by atoms with Gasteiger partial charge in [-0.25, -0.2) is 0 Å². The van der Waals surface area contributed by atoms with Gasteiger partial charge < -0.3 is 19.7 Å². The van der Waals surface area contributed by atoms with Crippen LogP contribution < -0.4 is 0 Å². The van der Waals surface area contributed by atoms with Crippen LogP contribution in [0, 0.1) is 99.1 Å². The molecule has 0 spiro atoms. The normalized spacial score (nSPS) is 29.8. The molecule has 0 aromatic carbocycles. The molecular formula is C54H84O6. The SMILES string of the molecule is CC#CC(C)(C)C(C)[C@H](O)/C=C/[C@@H]1[C@H]2C/C(=C/CC(C)(C)C(C)(C)C(=O)OC)C[C@H]2C[C@H]1O.CC#CCC(C)[C@H](C)/C=C/[C@@H]1[C@H]2C/C(=C/CCCC(=O)OC)C[C@H]2C[C@H]1C. The first-order valence-electron chi connectivity index (χ1n) is 23.2. The zero-order valence-corrected chi connectivity index (χ0v) is 40.2. The highest BCUT2D eigenvalue weighted by Crippen LogP contribution is 2.54. The molecule has 4 aliphatic rings. The molecule has 2 N–H and O–H groups in total. The number of allylic oxidation sites excluding steroid dienone is 6. The monoisotopic (exact) mass is 829 g/mol. The Morgan fingerprint density at radius 3 is 2.03 bits per heavy atom. The lowest BCUT2D eigenvalue weighted by molar-refractivity contribution is -0.157. The van der Waals surface area contributed by atoms with Crippen molar-refractivity contribution in [2.45, 2.75) is 166 Å². The fraction of sp³-hybridized carbons (Fsp3) is 0.741. The molecule has 4 saturated carbocycles. The van der Waals surface area contributed by atoms with E-state index in [0.29, 0.717) is 30.1 Å². The zero-order chi connectivity index (χ0) is 45.0. The second-order valence-electron chi connectivity index (χ2n) is 20.8. The van der Waals surface area contributed by atoms with Gasteiger partial charge in [-0.05, 0) is 152 Å². The number of ether oxygens (including phenoxy) is 2. The van der Waals surface area contributed by atoms with Crippen LogP contribution in [-0.4, -0.2) is 48.6 Å². The van der Waals surface area contributed by atoms with Gasteiger partial charge in [0, 0.05) is 30.1 Å². The van der Waals surface area contributed by atoms with Gasteiger partial charge in [0.25, 0.3) is 0 Å². The number of carbonyl (C=O) groups excluding carboxylic acids is 2. The summed E-state index contributed by atoms with van der Waals surface area (Å²) in [6.07, 6.45) is 23.7. The van der Waals surface area contributed by atoms with Crippen molar-refractivity contribution in [2.24, 2.45) is 75.4 Å². The summed E-state index contributed by atoms with van der Waals surface area (Å²) in [7, 11) is 2.91. The number of hydrogen-bond donors (Lipinski definition) is 2. The van der Waals surface area contributed by atoms with E-state index in [2.05, 4.69) is 103 Å². The summed E-state index contributed by atoms with van der Waals surface area (Å²) in [6.45, 7) is 25.1. The molecule has 0 saturated heterocycles. The van der Waals surface area contributed by atoms with Gasteiger partial charge in [0.15, 0.2) is 0 Å². The molecule has 6 nitrogen and oxygen atoms in total. The minimum Gasteiger partial charge on any atom is -0.469 e. The lowest BCUT2D eigenvalue weighted by atomic mass is 9.66. The predicted octanol–water partition coefficient (Wildman–Crippen LogP) is 11.7. The molecule has 0 aromatic rings. The van der Waals surface area contributed by atoms with E-state index in [9.17, 15) is 19.8 Å². The van der Waals surface area contributed by atoms with E-state index in [0.717, 1.165) is 68.6 Å². The molecule has 2 unspecified atom stereocenters. The molecule has 4 rings (SSSR count). The Morgan fingerprint density at radius 2 is 1.43 bits per heavy atom. The maximum absolute atomic E-state index is 12.3. The van der Waals surface area contributed by atoms with Crippen LogP contribution in [0.25, 0.3) is 0 Å². The second kappa shape index (κ2) is 22.9. The van der Waals surface area contributed by atoms with Crippen molar-refractivity contribution < 1.29 is 29.3 Å². The maximum atomic E-state index is 12.3. The van der Waals surface area contributed by atoms with Crippen LogP contribution >= 0.6 is 0 Å². The van der Waals surface area contributed by atoms with Crippen LogP contribution in [-0.2, 0) is 19.1 Å².